The van der Waals surface area contributed by atoms with Crippen molar-refractivity contribution in [1.29, 1.82) is 5.26 Å². The van der Waals surface area contributed by atoms with Gasteiger partial charge in [-0.1, -0.05) is 37.3 Å². The summed E-state index contributed by atoms with van der Waals surface area (Å²) in [6, 6.07) is 16.8. The molecule has 0 atom stereocenters. The molecule has 1 N–H and O–H groups in total. The van der Waals surface area contributed by atoms with E-state index in [1.807, 2.05) is 55.5 Å². The summed E-state index contributed by atoms with van der Waals surface area (Å²) in [5.41, 5.74) is 3.24. The van der Waals surface area contributed by atoms with Crippen molar-refractivity contribution in [1.82, 2.24) is 9.55 Å². The van der Waals surface area contributed by atoms with Crippen LogP contribution in [0, 0.1) is 11.3 Å². The summed E-state index contributed by atoms with van der Waals surface area (Å²) in [7, 11) is 0. The Labute approximate surface area is 134 Å². The normalized spacial score (nSPS) is 10.4. The second-order valence-electron chi connectivity index (χ2n) is 5.13. The molecule has 114 valence electrons. The molecule has 0 fully saturated rings. The smallest absolute Gasteiger partial charge is 0.307 e. The van der Waals surface area contributed by atoms with Crippen LogP contribution in [-0.2, 0) is 12.8 Å². The molecule has 5 nitrogen and oxygen atoms in total. The van der Waals surface area contributed by atoms with Crippen molar-refractivity contribution in [2.24, 2.45) is 0 Å². The summed E-state index contributed by atoms with van der Waals surface area (Å²) in [4.78, 5) is 17.1. The highest BCUT2D eigenvalue weighted by molar-refractivity contribution is 5.98. The van der Waals surface area contributed by atoms with Crippen molar-refractivity contribution in [3.05, 3.63) is 59.9 Å². The van der Waals surface area contributed by atoms with Gasteiger partial charge in [-0.25, -0.2) is 14.3 Å². The molecule has 1 heterocycles. The third-order valence-electron chi connectivity index (χ3n) is 3.71. The van der Waals surface area contributed by atoms with E-state index < -0.39 is 0 Å². The van der Waals surface area contributed by atoms with Gasteiger partial charge in [0, 0.05) is 5.69 Å². The molecule has 0 radical (unpaired) electrons. The molecule has 0 spiro atoms. The Hall–Kier alpha value is -3.13. The van der Waals surface area contributed by atoms with Gasteiger partial charge in [-0.3, -0.25) is 0 Å². The largest absolute Gasteiger partial charge is 0.332 e. The maximum Gasteiger partial charge on any atom is 0.332 e. The van der Waals surface area contributed by atoms with Gasteiger partial charge >= 0.3 is 6.03 Å². The number of para-hydroxylation sites is 3. The Balaban J connectivity index is 2.03. The lowest BCUT2D eigenvalue weighted by Gasteiger charge is -2.11. The van der Waals surface area contributed by atoms with Crippen LogP contribution in [0.15, 0.2) is 48.5 Å². The van der Waals surface area contributed by atoms with Crippen LogP contribution in [0.5, 0.6) is 0 Å². The lowest BCUT2D eigenvalue weighted by molar-refractivity contribution is 0.253. The molecule has 5 heteroatoms. The highest BCUT2D eigenvalue weighted by Gasteiger charge is 2.17. The van der Waals surface area contributed by atoms with Gasteiger partial charge in [-0.2, -0.15) is 5.26 Å². The van der Waals surface area contributed by atoms with E-state index in [1.54, 1.807) is 0 Å². The maximum atomic E-state index is 12.8. The second-order valence-corrected chi connectivity index (χ2v) is 5.13. The fourth-order valence-electron chi connectivity index (χ4n) is 2.61. The molecule has 0 bridgehead atoms. The summed E-state index contributed by atoms with van der Waals surface area (Å²) < 4.78 is 1.48. The number of fused-ring (bicyclic) bond motifs is 1. The number of imidazole rings is 1. The standard InChI is InChI=1S/C18H16N4O/c1-2-13-7-3-4-8-14(13)21-18(23)22-16-10-6-5-9-15(16)20-17(22)11-12-19/h3-10H,2,11H2,1H3,(H,21,23). The van der Waals surface area contributed by atoms with Crippen molar-refractivity contribution in [3.8, 4) is 6.07 Å². The lowest BCUT2D eigenvalue weighted by atomic mass is 10.1. The minimum Gasteiger partial charge on any atom is -0.307 e. The third kappa shape index (κ3) is 2.79. The molecule has 3 rings (SSSR count). The molecule has 0 aliphatic rings. The Bertz CT molecular complexity index is 905. The molecule has 3 aromatic rings. The topological polar surface area (TPSA) is 70.7 Å². The Morgan fingerprint density at radius 1 is 1.22 bits per heavy atom. The van der Waals surface area contributed by atoms with Gasteiger partial charge in [0.1, 0.15) is 5.82 Å². The van der Waals surface area contributed by atoms with Gasteiger partial charge in [0.25, 0.3) is 0 Å². The van der Waals surface area contributed by atoms with Crippen molar-refractivity contribution in [2.45, 2.75) is 19.8 Å². The van der Waals surface area contributed by atoms with E-state index in [9.17, 15) is 4.79 Å². The number of nitrogens with one attached hydrogen (secondary N) is 1. The van der Waals surface area contributed by atoms with Crippen LogP contribution in [-0.4, -0.2) is 15.6 Å². The molecular formula is C18H16N4O. The van der Waals surface area contributed by atoms with Gasteiger partial charge in [0.2, 0.25) is 0 Å². The van der Waals surface area contributed by atoms with Gasteiger partial charge in [0.15, 0.2) is 0 Å². The van der Waals surface area contributed by atoms with E-state index in [0.29, 0.717) is 16.9 Å². The van der Waals surface area contributed by atoms with Crippen LogP contribution in [0.1, 0.15) is 18.3 Å². The summed E-state index contributed by atoms with van der Waals surface area (Å²) in [6.07, 6.45) is 0.906. The number of carbonyl (C=O) groups is 1. The number of aromatic nitrogens is 2. The van der Waals surface area contributed by atoms with Crippen LogP contribution in [0.4, 0.5) is 10.5 Å². The third-order valence-corrected chi connectivity index (χ3v) is 3.71. The fraction of sp³-hybridized carbons (Fsp3) is 0.167. The molecule has 2 aromatic carbocycles. The Morgan fingerprint density at radius 2 is 1.96 bits per heavy atom. The second kappa shape index (κ2) is 6.32. The first kappa shape index (κ1) is 14.8. The minimum atomic E-state index is -0.301. The van der Waals surface area contributed by atoms with Crippen molar-refractivity contribution in [3.63, 3.8) is 0 Å². The number of rotatable bonds is 3. The molecule has 23 heavy (non-hydrogen) atoms. The Kier molecular flexibility index (Phi) is 4.07. The van der Waals surface area contributed by atoms with E-state index in [4.69, 9.17) is 5.26 Å². The van der Waals surface area contributed by atoms with E-state index in [0.717, 1.165) is 17.7 Å². The first-order valence-corrected chi connectivity index (χ1v) is 7.47. The predicted octanol–water partition coefficient (Wildman–Crippen LogP) is 3.74. The zero-order valence-electron chi connectivity index (χ0n) is 12.8. The highest BCUT2D eigenvalue weighted by Crippen LogP contribution is 2.19. The lowest BCUT2D eigenvalue weighted by Crippen LogP contribution is -2.22. The summed E-state index contributed by atoms with van der Waals surface area (Å²) in [5.74, 6) is 0.445. The van der Waals surface area contributed by atoms with E-state index in [-0.39, 0.29) is 12.5 Å². The number of aryl methyl sites for hydroxylation is 1. The average molecular weight is 304 g/mol. The molecule has 0 aliphatic heterocycles. The number of hydrogen-bond donors (Lipinski definition) is 1. The summed E-state index contributed by atoms with van der Waals surface area (Å²) in [5, 5.41) is 11.9. The monoisotopic (exact) mass is 304 g/mol. The Morgan fingerprint density at radius 3 is 2.74 bits per heavy atom. The predicted molar refractivity (Wildman–Crippen MR) is 89.3 cm³/mol. The number of nitriles is 1. The van der Waals surface area contributed by atoms with Crippen LogP contribution in [0.3, 0.4) is 0 Å². The van der Waals surface area contributed by atoms with Crippen LogP contribution in [0.25, 0.3) is 11.0 Å². The molecule has 0 aliphatic carbocycles. The molecule has 0 saturated carbocycles. The average Bonchev–Trinajstić information content (AvgIpc) is 2.93. The number of anilines is 1. The molecule has 1 amide bonds. The summed E-state index contributed by atoms with van der Waals surface area (Å²) >= 11 is 0. The molecular weight excluding hydrogens is 288 g/mol. The number of carbonyl (C=O) groups excluding carboxylic acids is 1. The summed E-state index contributed by atoms with van der Waals surface area (Å²) in [6.45, 7) is 2.04. The quantitative estimate of drug-likeness (QED) is 0.801. The molecule has 0 saturated heterocycles. The number of amides is 1. The molecule has 1 aromatic heterocycles. The van der Waals surface area contributed by atoms with Gasteiger partial charge in [0.05, 0.1) is 23.5 Å². The fourth-order valence-corrected chi connectivity index (χ4v) is 2.61. The van der Waals surface area contributed by atoms with Crippen molar-refractivity contribution >= 4 is 22.8 Å². The minimum absolute atomic E-state index is 0.0809. The van der Waals surface area contributed by atoms with Gasteiger partial charge in [-0.15, -0.1) is 0 Å². The van der Waals surface area contributed by atoms with Crippen molar-refractivity contribution < 1.29 is 4.79 Å². The number of benzene rings is 2. The van der Waals surface area contributed by atoms with E-state index >= 15 is 0 Å². The first-order chi connectivity index (χ1) is 11.2. The zero-order chi connectivity index (χ0) is 16.2. The van der Waals surface area contributed by atoms with Crippen molar-refractivity contribution in [2.75, 3.05) is 5.32 Å². The van der Waals surface area contributed by atoms with E-state index in [2.05, 4.69) is 16.4 Å². The maximum absolute atomic E-state index is 12.8. The first-order valence-electron chi connectivity index (χ1n) is 7.47. The number of hydrogen-bond acceptors (Lipinski definition) is 3. The highest BCUT2D eigenvalue weighted by atomic mass is 16.2. The van der Waals surface area contributed by atoms with Crippen LogP contribution < -0.4 is 5.32 Å². The molecule has 0 unspecified atom stereocenters. The number of nitrogens with zero attached hydrogens (tertiary/aromatic N) is 3. The van der Waals surface area contributed by atoms with Gasteiger partial charge in [-0.05, 0) is 30.2 Å². The van der Waals surface area contributed by atoms with Crippen LogP contribution in [0.2, 0.25) is 0 Å². The van der Waals surface area contributed by atoms with Gasteiger partial charge < -0.3 is 5.32 Å². The van der Waals surface area contributed by atoms with Crippen LogP contribution >= 0.6 is 0 Å². The van der Waals surface area contributed by atoms with E-state index in [1.165, 1.54) is 4.57 Å². The SMILES string of the molecule is CCc1ccccc1NC(=O)n1c(CC#N)nc2ccccc21. The zero-order valence-corrected chi connectivity index (χ0v) is 12.8.